The van der Waals surface area contributed by atoms with Gasteiger partial charge in [-0.25, -0.2) is 4.98 Å². The van der Waals surface area contributed by atoms with E-state index >= 15 is 0 Å². The molecule has 0 aliphatic heterocycles. The molecule has 0 bridgehead atoms. The number of hydrogen-bond acceptors (Lipinski definition) is 3. The van der Waals surface area contributed by atoms with E-state index in [0.717, 1.165) is 31.0 Å². The Labute approximate surface area is 66.8 Å². The van der Waals surface area contributed by atoms with Crippen molar-refractivity contribution in [1.29, 1.82) is 0 Å². The lowest BCUT2D eigenvalue weighted by Crippen LogP contribution is -2.03. The average molecular weight is 154 g/mol. The topological polar surface area (TPSA) is 38.1 Å². The van der Waals surface area contributed by atoms with Crippen molar-refractivity contribution in [2.45, 2.75) is 26.3 Å². The molecular formula is C8H14N2O. The molecule has 1 aromatic heterocycles. The number of nitrogens with zero attached hydrogens (tertiary/aromatic N) is 1. The number of aromatic nitrogens is 1. The third-order valence-corrected chi connectivity index (χ3v) is 1.42. The molecule has 0 aliphatic carbocycles. The fraction of sp³-hybridized carbons (Fsp3) is 0.625. The quantitative estimate of drug-likeness (QED) is 0.711. The largest absolute Gasteiger partial charge is 0.444 e. The van der Waals surface area contributed by atoms with Gasteiger partial charge >= 0.3 is 0 Å². The number of aryl methyl sites for hydroxylation is 1. The second-order valence-corrected chi connectivity index (χ2v) is 2.50. The fourth-order valence-electron chi connectivity index (χ4n) is 0.933. The molecule has 0 unspecified atom stereocenters. The molecule has 0 spiro atoms. The minimum atomic E-state index is 0.761. The van der Waals surface area contributed by atoms with Crippen LogP contribution in [0.3, 0.4) is 0 Å². The van der Waals surface area contributed by atoms with Crippen LogP contribution >= 0.6 is 0 Å². The van der Waals surface area contributed by atoms with Crippen LogP contribution in [0.1, 0.15) is 25.0 Å². The molecule has 0 fully saturated rings. The molecule has 1 aromatic rings. The molecule has 0 atom stereocenters. The summed E-state index contributed by atoms with van der Waals surface area (Å²) in [7, 11) is 1.89. The maximum atomic E-state index is 5.39. The summed E-state index contributed by atoms with van der Waals surface area (Å²) in [6.45, 7) is 2.87. The highest BCUT2D eigenvalue weighted by molar-refractivity contribution is 4.93. The van der Waals surface area contributed by atoms with Crippen LogP contribution in [0.2, 0.25) is 0 Å². The Morgan fingerprint density at radius 1 is 1.64 bits per heavy atom. The maximum absolute atomic E-state index is 5.39. The van der Waals surface area contributed by atoms with E-state index in [4.69, 9.17) is 4.42 Å². The molecule has 0 aliphatic rings. The van der Waals surface area contributed by atoms with Crippen molar-refractivity contribution in [3.63, 3.8) is 0 Å². The Morgan fingerprint density at radius 2 is 2.45 bits per heavy atom. The van der Waals surface area contributed by atoms with Gasteiger partial charge in [-0.05, 0) is 13.5 Å². The smallest absolute Gasteiger partial charge is 0.194 e. The predicted octanol–water partition coefficient (Wildman–Crippen LogP) is 1.35. The zero-order valence-electron chi connectivity index (χ0n) is 7.05. The third-order valence-electron chi connectivity index (χ3n) is 1.42. The highest BCUT2D eigenvalue weighted by atomic mass is 16.4. The number of oxazole rings is 1. The van der Waals surface area contributed by atoms with Gasteiger partial charge in [-0.2, -0.15) is 0 Å². The SMILES string of the molecule is CCCc1ncc(CNC)o1. The summed E-state index contributed by atoms with van der Waals surface area (Å²) in [5.74, 6) is 1.76. The molecule has 0 aromatic carbocycles. The van der Waals surface area contributed by atoms with E-state index in [1.807, 2.05) is 7.05 Å². The molecule has 0 saturated carbocycles. The molecule has 1 N–H and O–H groups in total. The van der Waals surface area contributed by atoms with Gasteiger partial charge in [-0.15, -0.1) is 0 Å². The van der Waals surface area contributed by atoms with Gasteiger partial charge < -0.3 is 9.73 Å². The first-order valence-electron chi connectivity index (χ1n) is 3.95. The highest BCUT2D eigenvalue weighted by Crippen LogP contribution is 2.04. The van der Waals surface area contributed by atoms with Crippen LogP contribution in [0.5, 0.6) is 0 Å². The standard InChI is InChI=1S/C8H14N2O/c1-3-4-8-10-6-7(11-8)5-9-2/h6,9H,3-5H2,1-2H3. The Bertz CT molecular complexity index is 187. The van der Waals surface area contributed by atoms with Crippen LogP contribution in [0.4, 0.5) is 0 Å². The van der Waals surface area contributed by atoms with Gasteiger partial charge in [0.05, 0.1) is 12.7 Å². The third kappa shape index (κ3) is 2.35. The molecule has 3 nitrogen and oxygen atoms in total. The highest BCUT2D eigenvalue weighted by Gasteiger charge is 2.00. The first-order valence-corrected chi connectivity index (χ1v) is 3.95. The Balaban J connectivity index is 2.51. The van der Waals surface area contributed by atoms with Crippen LogP contribution in [0.15, 0.2) is 10.6 Å². The summed E-state index contributed by atoms with van der Waals surface area (Å²) in [6.07, 6.45) is 3.80. The first kappa shape index (κ1) is 8.27. The van der Waals surface area contributed by atoms with Gasteiger partial charge in [0.15, 0.2) is 5.89 Å². The summed E-state index contributed by atoms with van der Waals surface area (Å²) >= 11 is 0. The molecular weight excluding hydrogens is 140 g/mol. The summed E-state index contributed by atoms with van der Waals surface area (Å²) in [4.78, 5) is 4.12. The number of hydrogen-bond donors (Lipinski definition) is 1. The Morgan fingerprint density at radius 3 is 3.09 bits per heavy atom. The summed E-state index contributed by atoms with van der Waals surface area (Å²) in [5.41, 5.74) is 0. The van der Waals surface area contributed by atoms with Crippen molar-refractivity contribution < 1.29 is 4.42 Å². The summed E-state index contributed by atoms with van der Waals surface area (Å²) in [6, 6.07) is 0. The van der Waals surface area contributed by atoms with Crippen molar-refractivity contribution >= 4 is 0 Å². The molecule has 0 saturated heterocycles. The second-order valence-electron chi connectivity index (χ2n) is 2.50. The number of nitrogens with one attached hydrogen (secondary N) is 1. The molecule has 1 heterocycles. The molecule has 0 radical (unpaired) electrons. The van der Waals surface area contributed by atoms with Gasteiger partial charge in [0, 0.05) is 6.42 Å². The van der Waals surface area contributed by atoms with E-state index in [1.165, 1.54) is 0 Å². The van der Waals surface area contributed by atoms with Crippen molar-refractivity contribution in [3.05, 3.63) is 17.8 Å². The van der Waals surface area contributed by atoms with Crippen LogP contribution in [-0.4, -0.2) is 12.0 Å². The lowest BCUT2D eigenvalue weighted by molar-refractivity contribution is 0.443. The van der Waals surface area contributed by atoms with Gasteiger partial charge in [0.1, 0.15) is 5.76 Å². The van der Waals surface area contributed by atoms with Crippen molar-refractivity contribution in [1.82, 2.24) is 10.3 Å². The van der Waals surface area contributed by atoms with Crippen LogP contribution in [0, 0.1) is 0 Å². The van der Waals surface area contributed by atoms with Gasteiger partial charge in [0.2, 0.25) is 0 Å². The molecule has 62 valence electrons. The van der Waals surface area contributed by atoms with Crippen LogP contribution in [-0.2, 0) is 13.0 Å². The van der Waals surface area contributed by atoms with E-state index in [-0.39, 0.29) is 0 Å². The van der Waals surface area contributed by atoms with Crippen LogP contribution < -0.4 is 5.32 Å². The summed E-state index contributed by atoms with van der Waals surface area (Å²) in [5, 5.41) is 3.01. The minimum Gasteiger partial charge on any atom is -0.444 e. The molecule has 1 rings (SSSR count). The minimum absolute atomic E-state index is 0.761. The van der Waals surface area contributed by atoms with Crippen molar-refractivity contribution in [2.24, 2.45) is 0 Å². The predicted molar refractivity (Wildman–Crippen MR) is 43.3 cm³/mol. The van der Waals surface area contributed by atoms with E-state index < -0.39 is 0 Å². The molecule has 0 amide bonds. The molecule has 3 heteroatoms. The average Bonchev–Trinajstić information content (AvgIpc) is 2.38. The Hall–Kier alpha value is -0.830. The van der Waals surface area contributed by atoms with Gasteiger partial charge in [-0.1, -0.05) is 6.92 Å². The monoisotopic (exact) mass is 154 g/mol. The number of rotatable bonds is 4. The van der Waals surface area contributed by atoms with E-state index in [0.29, 0.717) is 0 Å². The van der Waals surface area contributed by atoms with E-state index in [1.54, 1.807) is 6.20 Å². The van der Waals surface area contributed by atoms with Gasteiger partial charge in [0.25, 0.3) is 0 Å². The zero-order chi connectivity index (χ0) is 8.10. The normalized spacial score (nSPS) is 10.4. The fourth-order valence-corrected chi connectivity index (χ4v) is 0.933. The first-order chi connectivity index (χ1) is 5.36. The summed E-state index contributed by atoms with van der Waals surface area (Å²) < 4.78 is 5.39. The lowest BCUT2D eigenvalue weighted by atomic mass is 10.3. The van der Waals surface area contributed by atoms with E-state index in [9.17, 15) is 0 Å². The maximum Gasteiger partial charge on any atom is 0.194 e. The van der Waals surface area contributed by atoms with Crippen molar-refractivity contribution in [2.75, 3.05) is 7.05 Å². The van der Waals surface area contributed by atoms with Crippen LogP contribution in [0.25, 0.3) is 0 Å². The zero-order valence-corrected chi connectivity index (χ0v) is 7.05. The van der Waals surface area contributed by atoms with Crippen molar-refractivity contribution in [3.8, 4) is 0 Å². The molecule has 11 heavy (non-hydrogen) atoms. The lowest BCUT2D eigenvalue weighted by Gasteiger charge is -1.91. The van der Waals surface area contributed by atoms with Gasteiger partial charge in [-0.3, -0.25) is 0 Å². The second kappa shape index (κ2) is 4.13. The van der Waals surface area contributed by atoms with E-state index in [2.05, 4.69) is 17.2 Å². The Kier molecular flexibility index (Phi) is 3.11.